The molecule has 0 aliphatic carbocycles. The number of ether oxygens (including phenoxy) is 2. The second-order valence-corrected chi connectivity index (χ2v) is 8.62. The number of benzene rings is 1. The minimum absolute atomic E-state index is 0.123. The van der Waals surface area contributed by atoms with Crippen molar-refractivity contribution < 1.29 is 13.9 Å². The van der Waals surface area contributed by atoms with Crippen LogP contribution in [-0.4, -0.2) is 59.5 Å². The first-order valence-corrected chi connectivity index (χ1v) is 11.5. The molecule has 0 radical (unpaired) electrons. The number of rotatable bonds is 6. The van der Waals surface area contributed by atoms with Crippen LogP contribution in [0.2, 0.25) is 0 Å². The summed E-state index contributed by atoms with van der Waals surface area (Å²) in [4.78, 5) is 18.7. The lowest BCUT2D eigenvalue weighted by Gasteiger charge is -2.35. The van der Waals surface area contributed by atoms with E-state index in [1.807, 2.05) is 11.0 Å². The molecule has 0 unspecified atom stereocenters. The van der Waals surface area contributed by atoms with Crippen molar-refractivity contribution in [3.63, 3.8) is 0 Å². The highest BCUT2D eigenvalue weighted by atomic mass is 19.1. The van der Waals surface area contributed by atoms with Gasteiger partial charge in [-0.2, -0.15) is 5.26 Å². The van der Waals surface area contributed by atoms with Gasteiger partial charge in [0.25, 0.3) is 5.56 Å². The maximum absolute atomic E-state index is 15.0. The highest BCUT2D eigenvalue weighted by molar-refractivity contribution is 5.80. The van der Waals surface area contributed by atoms with Gasteiger partial charge in [0.1, 0.15) is 19.4 Å². The highest BCUT2D eigenvalue weighted by Crippen LogP contribution is 2.32. The van der Waals surface area contributed by atoms with Crippen molar-refractivity contribution in [3.05, 3.63) is 64.2 Å². The molecule has 5 rings (SSSR count). The van der Waals surface area contributed by atoms with Gasteiger partial charge in [0, 0.05) is 50.0 Å². The maximum Gasteiger partial charge on any atom is 0.251 e. The number of hydrogen-bond donors (Lipinski definition) is 1. The van der Waals surface area contributed by atoms with E-state index < -0.39 is 6.17 Å². The van der Waals surface area contributed by atoms with Gasteiger partial charge in [0.15, 0.2) is 11.5 Å². The predicted octanol–water partition coefficient (Wildman–Crippen LogP) is 2.24. The molecule has 8 nitrogen and oxygen atoms in total. The van der Waals surface area contributed by atoms with Crippen LogP contribution < -0.4 is 20.3 Å². The molecule has 1 aromatic carbocycles. The lowest BCUT2D eigenvalue weighted by molar-refractivity contribution is 0.0999. The Bertz CT molecular complexity index is 1290. The molecule has 34 heavy (non-hydrogen) atoms. The summed E-state index contributed by atoms with van der Waals surface area (Å²) < 4.78 is 28.0. The molecule has 0 bridgehead atoms. The first-order chi connectivity index (χ1) is 16.6. The van der Waals surface area contributed by atoms with E-state index >= 15 is 4.39 Å². The average Bonchev–Trinajstić information content (AvgIpc) is 2.87. The Balaban J connectivity index is 1.19. The normalized spacial score (nSPS) is 20.2. The number of halogens is 1. The van der Waals surface area contributed by atoms with Crippen LogP contribution in [0.25, 0.3) is 10.9 Å². The van der Waals surface area contributed by atoms with Gasteiger partial charge in [0.2, 0.25) is 0 Å². The first-order valence-electron chi connectivity index (χ1n) is 11.5. The van der Waals surface area contributed by atoms with Crippen LogP contribution in [0, 0.1) is 11.3 Å². The van der Waals surface area contributed by atoms with Gasteiger partial charge in [-0.15, -0.1) is 0 Å². The maximum atomic E-state index is 15.0. The number of piperidine rings is 1. The number of likely N-dealkylation sites (tertiary alicyclic amines) is 1. The molecule has 1 N–H and O–H groups in total. The molecule has 2 aliphatic heterocycles. The second kappa shape index (κ2) is 9.79. The van der Waals surface area contributed by atoms with Crippen molar-refractivity contribution in [2.45, 2.75) is 31.7 Å². The standard InChI is InChI=1S/C25H26FN5O3/c26-20-16-30(7-8-31-22-11-17(12-27)1-2-18(22)3-4-24(31)32)6-5-21(20)29-14-19-13-28-15-23-25(19)34-10-9-33-23/h1-4,11,13,15,20-21,29H,5-10,14,16H2/t20-,21+/m1/s1. The zero-order chi connectivity index (χ0) is 23.5. The third-order valence-electron chi connectivity index (χ3n) is 6.47. The van der Waals surface area contributed by atoms with Crippen molar-refractivity contribution in [2.24, 2.45) is 0 Å². The van der Waals surface area contributed by atoms with E-state index in [1.165, 1.54) is 6.07 Å². The number of hydrogen-bond acceptors (Lipinski definition) is 7. The number of nitrogens with one attached hydrogen (secondary N) is 1. The third kappa shape index (κ3) is 4.60. The number of alkyl halides is 1. The Morgan fingerprint density at radius 3 is 2.88 bits per heavy atom. The first kappa shape index (κ1) is 22.3. The summed E-state index contributed by atoms with van der Waals surface area (Å²) in [5, 5.41) is 13.4. The minimum Gasteiger partial charge on any atom is -0.486 e. The summed E-state index contributed by atoms with van der Waals surface area (Å²) >= 11 is 0. The lowest BCUT2D eigenvalue weighted by Crippen LogP contribution is -2.51. The minimum atomic E-state index is -1.03. The Kier molecular flexibility index (Phi) is 6.43. The molecule has 0 amide bonds. The number of fused-ring (bicyclic) bond motifs is 2. The molecule has 1 fully saturated rings. The highest BCUT2D eigenvalue weighted by Gasteiger charge is 2.29. The average molecular weight is 464 g/mol. The van der Waals surface area contributed by atoms with Crippen LogP contribution in [-0.2, 0) is 13.1 Å². The SMILES string of the molecule is N#Cc1ccc2ccc(=O)n(CCN3CC[C@H](NCc4cncc5c4OCCO5)[C@H](F)C3)c2c1. The number of nitriles is 1. The molecule has 1 saturated heterocycles. The fraction of sp³-hybridized carbons (Fsp3) is 0.400. The van der Waals surface area contributed by atoms with Crippen LogP contribution >= 0.6 is 0 Å². The summed E-state index contributed by atoms with van der Waals surface area (Å²) in [5.41, 5.74) is 1.97. The van der Waals surface area contributed by atoms with Crippen molar-refractivity contribution in [1.82, 2.24) is 19.8 Å². The molecule has 3 aromatic rings. The molecule has 0 spiro atoms. The quantitative estimate of drug-likeness (QED) is 0.599. The zero-order valence-corrected chi connectivity index (χ0v) is 18.7. The van der Waals surface area contributed by atoms with E-state index in [-0.39, 0.29) is 11.6 Å². The topological polar surface area (TPSA) is 92.4 Å². The Morgan fingerprint density at radius 1 is 1.18 bits per heavy atom. The number of aromatic nitrogens is 2. The van der Waals surface area contributed by atoms with Crippen molar-refractivity contribution in [2.75, 3.05) is 32.8 Å². The van der Waals surface area contributed by atoms with Crippen molar-refractivity contribution in [1.29, 1.82) is 5.26 Å². The molecule has 9 heteroatoms. The van der Waals surface area contributed by atoms with Crippen LogP contribution in [0.1, 0.15) is 17.5 Å². The summed E-state index contributed by atoms with van der Waals surface area (Å²) in [6, 6.07) is 10.5. The fourth-order valence-corrected chi connectivity index (χ4v) is 4.63. The van der Waals surface area contributed by atoms with Gasteiger partial charge >= 0.3 is 0 Å². The molecule has 4 heterocycles. The molecular weight excluding hydrogens is 437 g/mol. The predicted molar refractivity (Wildman–Crippen MR) is 125 cm³/mol. The molecule has 2 aromatic heterocycles. The second-order valence-electron chi connectivity index (χ2n) is 8.62. The van der Waals surface area contributed by atoms with Crippen molar-refractivity contribution >= 4 is 10.9 Å². The van der Waals surface area contributed by atoms with E-state index in [1.54, 1.807) is 35.2 Å². The van der Waals surface area contributed by atoms with Crippen LogP contribution in [0.5, 0.6) is 11.5 Å². The van der Waals surface area contributed by atoms with Gasteiger partial charge in [-0.25, -0.2) is 4.39 Å². The Morgan fingerprint density at radius 2 is 2.03 bits per heavy atom. The monoisotopic (exact) mass is 463 g/mol. The van der Waals surface area contributed by atoms with Crippen molar-refractivity contribution in [3.8, 4) is 17.6 Å². The van der Waals surface area contributed by atoms with Crippen LogP contribution in [0.4, 0.5) is 4.39 Å². The van der Waals surface area contributed by atoms with E-state index in [0.717, 1.165) is 23.0 Å². The fourth-order valence-electron chi connectivity index (χ4n) is 4.63. The Labute approximate surface area is 196 Å². The summed E-state index contributed by atoms with van der Waals surface area (Å²) in [6.07, 6.45) is 2.98. The van der Waals surface area contributed by atoms with Crippen LogP contribution in [0.15, 0.2) is 47.5 Å². The summed E-state index contributed by atoms with van der Waals surface area (Å²) in [6.45, 7) is 3.47. The van der Waals surface area contributed by atoms with E-state index in [4.69, 9.17) is 9.47 Å². The largest absolute Gasteiger partial charge is 0.486 e. The molecule has 2 aliphatic rings. The van der Waals surface area contributed by atoms with E-state index in [0.29, 0.717) is 62.9 Å². The van der Waals surface area contributed by atoms with Gasteiger partial charge in [-0.3, -0.25) is 14.7 Å². The Hall–Kier alpha value is -3.48. The van der Waals surface area contributed by atoms with Gasteiger partial charge in [-0.05, 0) is 36.6 Å². The molecule has 2 atom stereocenters. The lowest BCUT2D eigenvalue weighted by atomic mass is 10.0. The summed E-state index contributed by atoms with van der Waals surface area (Å²) in [5.74, 6) is 1.31. The van der Waals surface area contributed by atoms with E-state index in [9.17, 15) is 10.1 Å². The molecule has 0 saturated carbocycles. The van der Waals surface area contributed by atoms with Crippen LogP contribution in [0.3, 0.4) is 0 Å². The smallest absolute Gasteiger partial charge is 0.251 e. The molecule has 176 valence electrons. The summed E-state index contributed by atoms with van der Waals surface area (Å²) in [7, 11) is 0. The molecular formula is C25H26FN5O3. The number of pyridine rings is 2. The van der Waals surface area contributed by atoms with E-state index in [2.05, 4.69) is 16.4 Å². The van der Waals surface area contributed by atoms with Gasteiger partial charge in [0.05, 0.1) is 23.3 Å². The van der Waals surface area contributed by atoms with Gasteiger partial charge < -0.3 is 19.4 Å². The zero-order valence-electron chi connectivity index (χ0n) is 18.7. The van der Waals surface area contributed by atoms with Gasteiger partial charge in [-0.1, -0.05) is 6.07 Å². The number of nitrogens with zero attached hydrogens (tertiary/aromatic N) is 4. The third-order valence-corrected chi connectivity index (χ3v) is 6.47.